The summed E-state index contributed by atoms with van der Waals surface area (Å²) in [7, 11) is 1.94. The van der Waals surface area contributed by atoms with E-state index in [2.05, 4.69) is 20.7 Å². The molecular formula is C18H25N5O2. The topological polar surface area (TPSA) is 81.1 Å². The Kier molecular flexibility index (Phi) is 5.65. The Labute approximate surface area is 147 Å². The number of hydrogen-bond acceptors (Lipinski definition) is 5. The van der Waals surface area contributed by atoms with E-state index in [4.69, 9.17) is 4.74 Å². The summed E-state index contributed by atoms with van der Waals surface area (Å²) in [5, 5.41) is 10.4. The predicted octanol–water partition coefficient (Wildman–Crippen LogP) is 2.14. The molecule has 25 heavy (non-hydrogen) atoms. The van der Waals surface area contributed by atoms with Crippen molar-refractivity contribution in [3.8, 4) is 0 Å². The monoisotopic (exact) mass is 343 g/mol. The van der Waals surface area contributed by atoms with Gasteiger partial charge in [0.15, 0.2) is 0 Å². The molecule has 2 atom stereocenters. The molecule has 1 amide bonds. The highest BCUT2D eigenvalue weighted by Gasteiger charge is 2.29. The van der Waals surface area contributed by atoms with Crippen molar-refractivity contribution in [2.45, 2.75) is 25.9 Å². The van der Waals surface area contributed by atoms with E-state index in [0.29, 0.717) is 18.0 Å². The van der Waals surface area contributed by atoms with E-state index in [9.17, 15) is 4.79 Å². The molecule has 0 spiro atoms. The number of amides is 1. The van der Waals surface area contributed by atoms with Crippen LogP contribution in [0.15, 0.2) is 30.6 Å². The smallest absolute Gasteiger partial charge is 0.252 e. The zero-order valence-electron chi connectivity index (χ0n) is 14.7. The second-order valence-electron chi connectivity index (χ2n) is 6.25. The number of ether oxygens (including phenoxy) is 1. The molecule has 2 aromatic rings. The second kappa shape index (κ2) is 8.11. The van der Waals surface area contributed by atoms with Crippen LogP contribution in [0.5, 0.6) is 0 Å². The first-order chi connectivity index (χ1) is 12.2. The van der Waals surface area contributed by atoms with Gasteiger partial charge >= 0.3 is 0 Å². The van der Waals surface area contributed by atoms with Gasteiger partial charge in [-0.2, -0.15) is 5.10 Å². The highest BCUT2D eigenvalue weighted by Crippen LogP contribution is 2.33. The van der Waals surface area contributed by atoms with Crippen LogP contribution in [-0.4, -0.2) is 40.4 Å². The molecule has 1 aliphatic heterocycles. The van der Waals surface area contributed by atoms with Crippen LogP contribution in [0.3, 0.4) is 0 Å². The van der Waals surface area contributed by atoms with Gasteiger partial charge in [0.25, 0.3) is 5.91 Å². The number of nitrogens with zero attached hydrogens (tertiary/aromatic N) is 3. The zero-order chi connectivity index (χ0) is 17.6. The number of hydrogen-bond donors (Lipinski definition) is 2. The molecule has 0 unspecified atom stereocenters. The molecule has 3 rings (SSSR count). The maximum atomic E-state index is 11.8. The van der Waals surface area contributed by atoms with Gasteiger partial charge < -0.3 is 15.4 Å². The van der Waals surface area contributed by atoms with Crippen LogP contribution < -0.4 is 10.6 Å². The summed E-state index contributed by atoms with van der Waals surface area (Å²) in [6.07, 6.45) is 5.61. The third-order valence-corrected chi connectivity index (χ3v) is 4.50. The summed E-state index contributed by atoms with van der Waals surface area (Å²) in [5.74, 6) is 1.02. The standard InChI is InChI=1S/C18H25N5O2/c1-3-19-18(24)14-6-7-16(21-12-14)20-11-13-5-4-10-25-17(13)15-8-9-22-23(15)2/h6-9,12-13,17H,3-5,10-11H2,1-2H3,(H,19,24)(H,20,21)/t13-,17+/m0/s1. The van der Waals surface area contributed by atoms with Crippen molar-refractivity contribution < 1.29 is 9.53 Å². The lowest BCUT2D eigenvalue weighted by atomic mass is 9.92. The molecule has 1 fully saturated rings. The van der Waals surface area contributed by atoms with Crippen molar-refractivity contribution in [2.75, 3.05) is 25.0 Å². The average Bonchev–Trinajstić information content (AvgIpc) is 3.06. The largest absolute Gasteiger partial charge is 0.372 e. The van der Waals surface area contributed by atoms with Gasteiger partial charge in [-0.3, -0.25) is 9.48 Å². The minimum Gasteiger partial charge on any atom is -0.372 e. The van der Waals surface area contributed by atoms with Crippen LogP contribution in [0.25, 0.3) is 0 Å². The van der Waals surface area contributed by atoms with Gasteiger partial charge in [0.05, 0.1) is 11.3 Å². The molecule has 0 aromatic carbocycles. The molecule has 0 aliphatic carbocycles. The van der Waals surface area contributed by atoms with Crippen LogP contribution in [0, 0.1) is 5.92 Å². The van der Waals surface area contributed by atoms with Gasteiger partial charge in [0, 0.05) is 45.1 Å². The summed E-state index contributed by atoms with van der Waals surface area (Å²) in [6.45, 7) is 4.05. The van der Waals surface area contributed by atoms with Gasteiger partial charge in [-0.05, 0) is 38.0 Å². The first kappa shape index (κ1) is 17.4. The summed E-state index contributed by atoms with van der Waals surface area (Å²) in [4.78, 5) is 16.1. The van der Waals surface area contributed by atoms with Crippen molar-refractivity contribution in [1.82, 2.24) is 20.1 Å². The molecule has 0 radical (unpaired) electrons. The Bertz CT molecular complexity index is 698. The molecule has 2 N–H and O–H groups in total. The van der Waals surface area contributed by atoms with Crippen molar-refractivity contribution in [1.29, 1.82) is 0 Å². The van der Waals surface area contributed by atoms with E-state index in [0.717, 1.165) is 37.5 Å². The van der Waals surface area contributed by atoms with Crippen molar-refractivity contribution in [3.63, 3.8) is 0 Å². The van der Waals surface area contributed by atoms with Gasteiger partial charge in [-0.15, -0.1) is 0 Å². The fourth-order valence-electron chi connectivity index (χ4n) is 3.17. The molecular weight excluding hydrogens is 318 g/mol. The summed E-state index contributed by atoms with van der Waals surface area (Å²) in [5.41, 5.74) is 1.67. The van der Waals surface area contributed by atoms with E-state index in [1.54, 1.807) is 18.5 Å². The third kappa shape index (κ3) is 4.17. The molecule has 0 bridgehead atoms. The SMILES string of the molecule is CCNC(=O)c1ccc(NC[C@@H]2CCCO[C@H]2c2ccnn2C)nc1. The minimum absolute atomic E-state index is 0.0448. The van der Waals surface area contributed by atoms with Crippen molar-refractivity contribution >= 4 is 11.7 Å². The molecule has 2 aromatic heterocycles. The Balaban J connectivity index is 1.61. The maximum Gasteiger partial charge on any atom is 0.252 e. The predicted molar refractivity (Wildman–Crippen MR) is 95.4 cm³/mol. The Morgan fingerprint density at radius 3 is 2.96 bits per heavy atom. The van der Waals surface area contributed by atoms with Gasteiger partial charge in [0.1, 0.15) is 11.9 Å². The quantitative estimate of drug-likeness (QED) is 0.840. The summed E-state index contributed by atoms with van der Waals surface area (Å²) in [6, 6.07) is 5.64. The number of pyridine rings is 1. The maximum absolute atomic E-state index is 11.8. The van der Waals surface area contributed by atoms with Crippen LogP contribution in [-0.2, 0) is 11.8 Å². The van der Waals surface area contributed by atoms with E-state index in [1.165, 1.54) is 0 Å². The van der Waals surface area contributed by atoms with Crippen LogP contribution in [0.1, 0.15) is 41.9 Å². The molecule has 1 aliphatic rings. The molecule has 1 saturated heterocycles. The van der Waals surface area contributed by atoms with E-state index < -0.39 is 0 Å². The average molecular weight is 343 g/mol. The van der Waals surface area contributed by atoms with Crippen LogP contribution in [0.2, 0.25) is 0 Å². The summed E-state index contributed by atoms with van der Waals surface area (Å²) < 4.78 is 7.88. The first-order valence-corrected chi connectivity index (χ1v) is 8.76. The van der Waals surface area contributed by atoms with Crippen molar-refractivity contribution in [3.05, 3.63) is 41.9 Å². The second-order valence-corrected chi connectivity index (χ2v) is 6.25. The molecule has 3 heterocycles. The molecule has 0 saturated carbocycles. The molecule has 7 heteroatoms. The van der Waals surface area contributed by atoms with Gasteiger partial charge in [-0.25, -0.2) is 4.98 Å². The van der Waals surface area contributed by atoms with E-state index in [-0.39, 0.29) is 12.0 Å². The number of nitrogens with one attached hydrogen (secondary N) is 2. The fraction of sp³-hybridized carbons (Fsp3) is 0.500. The van der Waals surface area contributed by atoms with Crippen molar-refractivity contribution in [2.24, 2.45) is 13.0 Å². The number of carbonyl (C=O) groups is 1. The number of anilines is 1. The third-order valence-electron chi connectivity index (χ3n) is 4.50. The highest BCUT2D eigenvalue weighted by atomic mass is 16.5. The fourth-order valence-corrected chi connectivity index (χ4v) is 3.17. The molecule has 134 valence electrons. The lowest BCUT2D eigenvalue weighted by molar-refractivity contribution is -0.0284. The minimum atomic E-state index is -0.0986. The van der Waals surface area contributed by atoms with Gasteiger partial charge in [0.2, 0.25) is 0 Å². The highest BCUT2D eigenvalue weighted by molar-refractivity contribution is 5.93. The zero-order valence-corrected chi connectivity index (χ0v) is 14.7. The number of carbonyl (C=O) groups excluding carboxylic acids is 1. The summed E-state index contributed by atoms with van der Waals surface area (Å²) >= 11 is 0. The van der Waals surface area contributed by atoms with E-state index in [1.807, 2.05) is 30.8 Å². The van der Waals surface area contributed by atoms with E-state index >= 15 is 0 Å². The lowest BCUT2D eigenvalue weighted by Crippen LogP contribution is -2.29. The van der Waals surface area contributed by atoms with Gasteiger partial charge in [-0.1, -0.05) is 0 Å². The Morgan fingerprint density at radius 1 is 1.40 bits per heavy atom. The number of aromatic nitrogens is 3. The number of aryl methyl sites for hydroxylation is 1. The lowest BCUT2D eigenvalue weighted by Gasteiger charge is -2.32. The van der Waals surface area contributed by atoms with Crippen LogP contribution in [0.4, 0.5) is 5.82 Å². The molecule has 7 nitrogen and oxygen atoms in total. The number of rotatable bonds is 6. The Morgan fingerprint density at radius 2 is 2.28 bits per heavy atom. The normalized spacial score (nSPS) is 20.2. The van der Waals surface area contributed by atoms with Crippen LogP contribution >= 0.6 is 0 Å². The Hall–Kier alpha value is -2.41. The first-order valence-electron chi connectivity index (χ1n) is 8.76.